The highest BCUT2D eigenvalue weighted by molar-refractivity contribution is 9.09. The summed E-state index contributed by atoms with van der Waals surface area (Å²) in [5.41, 5.74) is 1.38. The van der Waals surface area contributed by atoms with Crippen molar-refractivity contribution in [1.29, 1.82) is 0 Å². The van der Waals surface area contributed by atoms with E-state index in [4.69, 9.17) is 4.98 Å². The lowest BCUT2D eigenvalue weighted by Gasteiger charge is -2.27. The van der Waals surface area contributed by atoms with Crippen molar-refractivity contribution in [2.75, 3.05) is 11.9 Å². The first kappa shape index (κ1) is 27.0. The molecule has 1 heterocycles. The van der Waals surface area contributed by atoms with Gasteiger partial charge in [0.2, 0.25) is 11.9 Å². The molecule has 3 fully saturated rings. The molecule has 4 rings (SSSR count). The molecule has 0 aromatic carbocycles. The van der Waals surface area contributed by atoms with Crippen LogP contribution in [0.2, 0.25) is 0 Å². The number of halogens is 1. The van der Waals surface area contributed by atoms with Gasteiger partial charge in [-0.05, 0) is 64.2 Å². The van der Waals surface area contributed by atoms with Gasteiger partial charge >= 0.3 is 0 Å². The van der Waals surface area contributed by atoms with Crippen LogP contribution < -0.4 is 10.6 Å². The molecule has 35 heavy (non-hydrogen) atoms. The van der Waals surface area contributed by atoms with Crippen molar-refractivity contribution in [3.8, 4) is 0 Å². The van der Waals surface area contributed by atoms with Crippen LogP contribution in [-0.2, 0) is 11.3 Å². The Bertz CT molecular complexity index is 774. The van der Waals surface area contributed by atoms with E-state index < -0.39 is 0 Å². The number of amides is 1. The van der Waals surface area contributed by atoms with Crippen molar-refractivity contribution < 1.29 is 4.79 Å². The second-order valence-corrected chi connectivity index (χ2v) is 13.2. The van der Waals surface area contributed by atoms with Gasteiger partial charge in [0, 0.05) is 41.0 Å². The van der Waals surface area contributed by atoms with Crippen molar-refractivity contribution in [3.63, 3.8) is 0 Å². The van der Waals surface area contributed by atoms with Crippen molar-refractivity contribution in [3.05, 3.63) is 11.9 Å². The lowest BCUT2D eigenvalue weighted by molar-refractivity contribution is -0.129. The van der Waals surface area contributed by atoms with E-state index in [-0.39, 0.29) is 11.3 Å². The Balaban J connectivity index is 1.16. The Morgan fingerprint density at radius 3 is 2.34 bits per heavy atom. The van der Waals surface area contributed by atoms with Crippen LogP contribution in [0.25, 0.3) is 0 Å². The first-order valence-electron chi connectivity index (χ1n) is 14.8. The van der Waals surface area contributed by atoms with E-state index >= 15 is 0 Å². The zero-order valence-electron chi connectivity index (χ0n) is 22.1. The van der Waals surface area contributed by atoms with Crippen LogP contribution in [0.15, 0.2) is 6.20 Å². The third-order valence-corrected chi connectivity index (χ3v) is 9.91. The zero-order chi connectivity index (χ0) is 24.5. The van der Waals surface area contributed by atoms with Gasteiger partial charge in [-0.25, -0.2) is 4.98 Å². The highest BCUT2D eigenvalue weighted by Crippen LogP contribution is 2.38. The highest BCUT2D eigenvalue weighted by Gasteiger charge is 2.35. The Kier molecular flexibility index (Phi) is 10.4. The first-order valence-corrected chi connectivity index (χ1v) is 15.7. The minimum atomic E-state index is -0.0921. The van der Waals surface area contributed by atoms with Crippen molar-refractivity contribution in [2.24, 2.45) is 5.41 Å². The molecule has 1 aromatic rings. The van der Waals surface area contributed by atoms with Gasteiger partial charge in [0.05, 0.1) is 6.20 Å². The number of carbonyl (C=O) groups excluding carboxylic acids is 1. The summed E-state index contributed by atoms with van der Waals surface area (Å²) in [6, 6.07) is 0.610. The van der Waals surface area contributed by atoms with Crippen LogP contribution in [0.5, 0.6) is 0 Å². The molecule has 0 unspecified atom stereocenters. The van der Waals surface area contributed by atoms with E-state index in [0.29, 0.717) is 16.8 Å². The second kappa shape index (κ2) is 13.5. The van der Waals surface area contributed by atoms with E-state index in [1.54, 1.807) is 0 Å². The molecule has 198 valence electrons. The van der Waals surface area contributed by atoms with Gasteiger partial charge in [0.1, 0.15) is 0 Å². The van der Waals surface area contributed by atoms with E-state index in [0.717, 1.165) is 38.3 Å². The predicted octanol–water partition coefficient (Wildman–Crippen LogP) is 7.70. The van der Waals surface area contributed by atoms with Gasteiger partial charge in [-0.2, -0.15) is 0 Å². The standard InChI is InChI=1S/C29H49BrN4O/c1-29(18-8-9-19-29)27(35)31-20-10-4-2-3-5-11-21-34-26(23-14-16-24(30)17-15-23)22-32-28(34)33-25-12-6-7-13-25/h22-25H,2-21H2,1H3,(H,31,35)(H,32,33). The van der Waals surface area contributed by atoms with E-state index in [9.17, 15) is 4.79 Å². The molecule has 3 saturated carbocycles. The van der Waals surface area contributed by atoms with E-state index in [1.165, 1.54) is 102 Å². The number of hydrogen-bond acceptors (Lipinski definition) is 3. The monoisotopic (exact) mass is 548 g/mol. The quantitative estimate of drug-likeness (QED) is 0.196. The van der Waals surface area contributed by atoms with E-state index in [2.05, 4.69) is 44.3 Å². The summed E-state index contributed by atoms with van der Waals surface area (Å²) in [5, 5.41) is 7.00. The fraction of sp³-hybridized carbons (Fsp3) is 0.862. The molecule has 0 saturated heterocycles. The predicted molar refractivity (Wildman–Crippen MR) is 149 cm³/mol. The van der Waals surface area contributed by atoms with Crippen molar-refractivity contribution >= 4 is 27.8 Å². The number of anilines is 1. The molecule has 6 heteroatoms. The number of aromatic nitrogens is 2. The molecule has 3 aliphatic carbocycles. The van der Waals surface area contributed by atoms with Crippen molar-refractivity contribution in [2.45, 2.75) is 146 Å². The number of rotatable bonds is 13. The largest absolute Gasteiger partial charge is 0.356 e. The van der Waals surface area contributed by atoms with Crippen LogP contribution in [0.4, 0.5) is 5.95 Å². The Labute approximate surface area is 222 Å². The Hall–Kier alpha value is -1.04. The molecule has 2 N–H and O–H groups in total. The Morgan fingerprint density at radius 1 is 0.971 bits per heavy atom. The van der Waals surface area contributed by atoms with Crippen molar-refractivity contribution in [1.82, 2.24) is 14.9 Å². The summed E-state index contributed by atoms with van der Waals surface area (Å²) in [6.45, 7) is 4.08. The number of nitrogens with one attached hydrogen (secondary N) is 2. The highest BCUT2D eigenvalue weighted by atomic mass is 79.9. The molecular weight excluding hydrogens is 500 g/mol. The minimum absolute atomic E-state index is 0.0921. The third kappa shape index (κ3) is 7.72. The minimum Gasteiger partial charge on any atom is -0.356 e. The zero-order valence-corrected chi connectivity index (χ0v) is 23.7. The third-order valence-electron chi connectivity index (χ3n) is 9.00. The summed E-state index contributed by atoms with van der Waals surface area (Å²) >= 11 is 3.82. The molecule has 5 nitrogen and oxygen atoms in total. The number of alkyl halides is 1. The van der Waals surface area contributed by atoms with Crippen LogP contribution in [0, 0.1) is 5.41 Å². The fourth-order valence-corrected chi connectivity index (χ4v) is 7.09. The van der Waals surface area contributed by atoms with Gasteiger partial charge < -0.3 is 15.2 Å². The summed E-state index contributed by atoms with van der Waals surface area (Å²) in [4.78, 5) is 18.0. The summed E-state index contributed by atoms with van der Waals surface area (Å²) in [7, 11) is 0. The van der Waals surface area contributed by atoms with Crippen LogP contribution >= 0.6 is 15.9 Å². The maximum atomic E-state index is 12.4. The normalized spacial score (nSPS) is 24.6. The average molecular weight is 550 g/mol. The van der Waals surface area contributed by atoms with Crippen LogP contribution in [-0.4, -0.2) is 32.9 Å². The number of nitrogens with zero attached hydrogens (tertiary/aromatic N) is 2. The number of imidazole rings is 1. The fourth-order valence-electron chi connectivity index (χ4n) is 6.57. The molecule has 1 amide bonds. The molecule has 0 radical (unpaired) electrons. The number of carbonyl (C=O) groups is 1. The molecular formula is C29H49BrN4O. The van der Waals surface area contributed by atoms with Crippen LogP contribution in [0.1, 0.15) is 134 Å². The molecule has 0 spiro atoms. The lowest BCUT2D eigenvalue weighted by atomic mass is 9.87. The maximum Gasteiger partial charge on any atom is 0.225 e. The summed E-state index contributed by atoms with van der Waals surface area (Å²) < 4.78 is 2.54. The van der Waals surface area contributed by atoms with Crippen LogP contribution in [0.3, 0.4) is 0 Å². The van der Waals surface area contributed by atoms with Gasteiger partial charge in [0.15, 0.2) is 0 Å². The average Bonchev–Trinajstić information content (AvgIpc) is 3.61. The smallest absolute Gasteiger partial charge is 0.225 e. The van der Waals surface area contributed by atoms with E-state index in [1.807, 2.05) is 0 Å². The van der Waals surface area contributed by atoms with Gasteiger partial charge in [-0.1, -0.05) is 74.2 Å². The van der Waals surface area contributed by atoms with Gasteiger partial charge in [-0.15, -0.1) is 0 Å². The molecule has 0 atom stereocenters. The lowest BCUT2D eigenvalue weighted by Crippen LogP contribution is -2.37. The number of hydrogen-bond donors (Lipinski definition) is 2. The van der Waals surface area contributed by atoms with Gasteiger partial charge in [0.25, 0.3) is 0 Å². The summed E-state index contributed by atoms with van der Waals surface area (Å²) in [5.74, 6) is 2.08. The second-order valence-electron chi connectivity index (χ2n) is 11.9. The SMILES string of the molecule is CC1(C(=O)NCCCCCCCCn2c(C3CCC(Br)CC3)cnc2NC2CCCC2)CCCC1. The molecule has 1 aromatic heterocycles. The number of unbranched alkanes of at least 4 members (excludes halogenated alkanes) is 5. The molecule has 3 aliphatic rings. The molecule has 0 aliphatic heterocycles. The molecule has 0 bridgehead atoms. The summed E-state index contributed by atoms with van der Waals surface area (Å²) in [6.07, 6.45) is 24.5. The van der Waals surface area contributed by atoms with Gasteiger partial charge in [-0.3, -0.25) is 4.79 Å². The maximum absolute atomic E-state index is 12.4. The Morgan fingerprint density at radius 2 is 1.63 bits per heavy atom. The topological polar surface area (TPSA) is 59.0 Å². The first-order chi connectivity index (χ1) is 17.0.